The summed E-state index contributed by atoms with van der Waals surface area (Å²) in [5.41, 5.74) is 0.760. The molecule has 0 aliphatic rings. The highest BCUT2D eigenvalue weighted by molar-refractivity contribution is 7.98. The number of rotatable bonds is 4. The van der Waals surface area contributed by atoms with Crippen LogP contribution in [0.1, 0.15) is 21.6 Å². The number of methoxy groups -OCH3 is 2. The molecule has 0 aliphatic heterocycles. The number of carbonyl (C=O) groups is 1. The molecule has 0 bridgehead atoms. The molecular weight excluding hydrogens is 316 g/mol. The first kappa shape index (κ1) is 16.6. The standard InChI is InChI=1S/C16H14N2O4S/c1-21-12-6-10(7-13(8-12)22-2)4-5-11-9-17-16(23-3)18-14(11)15(19)20/h6-9H,1-3H3,(H,19,20). The molecule has 1 aromatic heterocycles. The fourth-order valence-electron chi connectivity index (χ4n) is 1.74. The molecule has 0 saturated carbocycles. The monoisotopic (exact) mass is 330 g/mol. The van der Waals surface area contributed by atoms with Gasteiger partial charge in [-0.15, -0.1) is 0 Å². The number of carboxylic acid groups (broad SMARTS) is 1. The second kappa shape index (κ2) is 7.51. The largest absolute Gasteiger partial charge is 0.497 e. The predicted molar refractivity (Wildman–Crippen MR) is 86.3 cm³/mol. The minimum atomic E-state index is -1.14. The van der Waals surface area contributed by atoms with Crippen LogP contribution in [0.3, 0.4) is 0 Å². The van der Waals surface area contributed by atoms with Crippen molar-refractivity contribution in [3.63, 3.8) is 0 Å². The predicted octanol–water partition coefficient (Wildman–Crippen LogP) is 2.31. The molecule has 2 aromatic rings. The molecule has 0 fully saturated rings. The molecule has 2 rings (SSSR count). The van der Waals surface area contributed by atoms with Crippen LogP contribution in [0.5, 0.6) is 11.5 Å². The minimum Gasteiger partial charge on any atom is -0.497 e. The zero-order valence-electron chi connectivity index (χ0n) is 12.8. The average Bonchev–Trinajstić information content (AvgIpc) is 2.59. The van der Waals surface area contributed by atoms with Gasteiger partial charge in [-0.3, -0.25) is 0 Å². The molecule has 1 heterocycles. The van der Waals surface area contributed by atoms with Crippen LogP contribution in [-0.2, 0) is 0 Å². The summed E-state index contributed by atoms with van der Waals surface area (Å²) in [4.78, 5) is 19.3. The summed E-state index contributed by atoms with van der Waals surface area (Å²) in [6.45, 7) is 0. The summed E-state index contributed by atoms with van der Waals surface area (Å²) >= 11 is 1.27. The molecular formula is C16H14N2O4S. The summed E-state index contributed by atoms with van der Waals surface area (Å²) in [7, 11) is 3.09. The van der Waals surface area contributed by atoms with Gasteiger partial charge < -0.3 is 14.6 Å². The van der Waals surface area contributed by atoms with Gasteiger partial charge in [0.25, 0.3) is 0 Å². The van der Waals surface area contributed by atoms with Gasteiger partial charge >= 0.3 is 5.97 Å². The molecule has 6 nitrogen and oxygen atoms in total. The lowest BCUT2D eigenvalue weighted by Crippen LogP contribution is -2.06. The Morgan fingerprint density at radius 1 is 1.17 bits per heavy atom. The Kier molecular flexibility index (Phi) is 5.44. The average molecular weight is 330 g/mol. The number of aromatic carboxylic acids is 1. The number of benzene rings is 1. The van der Waals surface area contributed by atoms with E-state index < -0.39 is 5.97 Å². The quantitative estimate of drug-likeness (QED) is 0.523. The topological polar surface area (TPSA) is 81.5 Å². The van der Waals surface area contributed by atoms with E-state index in [4.69, 9.17) is 9.47 Å². The van der Waals surface area contributed by atoms with Crippen LogP contribution in [0, 0.1) is 11.8 Å². The maximum Gasteiger partial charge on any atom is 0.355 e. The number of carboxylic acids is 1. The summed E-state index contributed by atoms with van der Waals surface area (Å²) in [5.74, 6) is 5.72. The second-order valence-corrected chi connectivity index (χ2v) is 5.05. The lowest BCUT2D eigenvalue weighted by molar-refractivity contribution is 0.0689. The Hall–Kier alpha value is -2.72. The van der Waals surface area contributed by atoms with E-state index in [2.05, 4.69) is 21.8 Å². The second-order valence-electron chi connectivity index (χ2n) is 4.28. The van der Waals surface area contributed by atoms with E-state index >= 15 is 0 Å². The van der Waals surface area contributed by atoms with E-state index in [1.54, 1.807) is 38.7 Å². The summed E-state index contributed by atoms with van der Waals surface area (Å²) in [5, 5.41) is 9.63. The first-order valence-electron chi connectivity index (χ1n) is 6.46. The fourth-order valence-corrected chi connectivity index (χ4v) is 2.08. The third kappa shape index (κ3) is 4.14. The molecule has 1 aromatic carbocycles. The van der Waals surface area contributed by atoms with Crippen molar-refractivity contribution in [2.75, 3.05) is 20.5 Å². The lowest BCUT2D eigenvalue weighted by atomic mass is 10.1. The lowest BCUT2D eigenvalue weighted by Gasteiger charge is -2.04. The molecule has 0 radical (unpaired) electrons. The SMILES string of the molecule is COc1cc(C#Cc2cnc(SC)nc2C(=O)O)cc(OC)c1. The number of nitrogens with zero attached hydrogens (tertiary/aromatic N) is 2. The van der Waals surface area contributed by atoms with Crippen molar-refractivity contribution in [1.82, 2.24) is 9.97 Å². The van der Waals surface area contributed by atoms with Crippen LogP contribution in [-0.4, -0.2) is 41.5 Å². The van der Waals surface area contributed by atoms with Crippen LogP contribution in [0.25, 0.3) is 0 Å². The molecule has 0 aliphatic carbocycles. The van der Waals surface area contributed by atoms with Gasteiger partial charge in [0, 0.05) is 17.8 Å². The van der Waals surface area contributed by atoms with Crippen LogP contribution in [0.4, 0.5) is 0 Å². The summed E-state index contributed by atoms with van der Waals surface area (Å²) < 4.78 is 10.3. The van der Waals surface area contributed by atoms with E-state index in [1.807, 2.05) is 0 Å². The Morgan fingerprint density at radius 3 is 2.35 bits per heavy atom. The Labute approximate surface area is 137 Å². The maximum absolute atomic E-state index is 11.3. The van der Waals surface area contributed by atoms with E-state index in [9.17, 15) is 9.90 Å². The van der Waals surface area contributed by atoms with E-state index in [0.717, 1.165) is 0 Å². The molecule has 0 unspecified atom stereocenters. The number of thioether (sulfide) groups is 1. The van der Waals surface area contributed by atoms with Crippen molar-refractivity contribution in [3.8, 4) is 23.3 Å². The van der Waals surface area contributed by atoms with Crippen molar-refractivity contribution >= 4 is 17.7 Å². The normalized spacial score (nSPS) is 9.70. The maximum atomic E-state index is 11.3. The van der Waals surface area contributed by atoms with Crippen LogP contribution in [0.15, 0.2) is 29.6 Å². The van der Waals surface area contributed by atoms with Gasteiger partial charge in [0.1, 0.15) is 11.5 Å². The summed E-state index contributed by atoms with van der Waals surface area (Å²) in [6.07, 6.45) is 3.18. The molecule has 118 valence electrons. The molecule has 0 spiro atoms. The van der Waals surface area contributed by atoms with Crippen molar-refractivity contribution in [2.45, 2.75) is 5.16 Å². The van der Waals surface area contributed by atoms with E-state index in [-0.39, 0.29) is 11.3 Å². The van der Waals surface area contributed by atoms with Gasteiger partial charge in [-0.25, -0.2) is 14.8 Å². The Bertz CT molecular complexity index is 774. The van der Waals surface area contributed by atoms with Gasteiger partial charge in [-0.2, -0.15) is 0 Å². The Morgan fingerprint density at radius 2 is 1.83 bits per heavy atom. The fraction of sp³-hybridized carbons (Fsp3) is 0.188. The molecule has 0 saturated heterocycles. The molecule has 0 atom stereocenters. The highest BCUT2D eigenvalue weighted by Gasteiger charge is 2.12. The summed E-state index contributed by atoms with van der Waals surface area (Å²) in [6, 6.07) is 5.18. The number of aromatic nitrogens is 2. The highest BCUT2D eigenvalue weighted by Crippen LogP contribution is 2.22. The van der Waals surface area contributed by atoms with Crippen LogP contribution in [0.2, 0.25) is 0 Å². The van der Waals surface area contributed by atoms with E-state index in [1.165, 1.54) is 18.0 Å². The van der Waals surface area contributed by atoms with Crippen molar-refractivity contribution in [2.24, 2.45) is 0 Å². The van der Waals surface area contributed by atoms with Crippen molar-refractivity contribution in [1.29, 1.82) is 0 Å². The Balaban J connectivity index is 2.44. The molecule has 7 heteroatoms. The third-order valence-electron chi connectivity index (χ3n) is 2.84. The third-order valence-corrected chi connectivity index (χ3v) is 3.41. The molecule has 23 heavy (non-hydrogen) atoms. The van der Waals surface area contributed by atoms with Crippen LogP contribution >= 0.6 is 11.8 Å². The number of ether oxygens (including phenoxy) is 2. The first-order valence-corrected chi connectivity index (χ1v) is 7.69. The highest BCUT2D eigenvalue weighted by atomic mass is 32.2. The van der Waals surface area contributed by atoms with E-state index in [0.29, 0.717) is 22.2 Å². The van der Waals surface area contributed by atoms with Gasteiger partial charge in [0.2, 0.25) is 0 Å². The van der Waals surface area contributed by atoms with Gasteiger partial charge in [-0.05, 0) is 18.4 Å². The smallest absolute Gasteiger partial charge is 0.355 e. The zero-order valence-corrected chi connectivity index (χ0v) is 13.6. The van der Waals surface area contributed by atoms with Crippen LogP contribution < -0.4 is 9.47 Å². The van der Waals surface area contributed by atoms with Crippen molar-refractivity contribution < 1.29 is 19.4 Å². The van der Waals surface area contributed by atoms with Gasteiger partial charge in [0.05, 0.1) is 19.8 Å². The number of hydrogen-bond donors (Lipinski definition) is 1. The van der Waals surface area contributed by atoms with Crippen molar-refractivity contribution in [3.05, 3.63) is 41.2 Å². The molecule has 0 amide bonds. The number of hydrogen-bond acceptors (Lipinski definition) is 6. The first-order chi connectivity index (χ1) is 11.1. The minimum absolute atomic E-state index is 0.119. The zero-order chi connectivity index (χ0) is 16.8. The van der Waals surface area contributed by atoms with Gasteiger partial charge in [0.15, 0.2) is 10.9 Å². The van der Waals surface area contributed by atoms with Gasteiger partial charge in [-0.1, -0.05) is 23.6 Å². The molecule has 1 N–H and O–H groups in total.